The first-order valence-electron chi connectivity index (χ1n) is 10.00. The van der Waals surface area contributed by atoms with Gasteiger partial charge in [0, 0.05) is 17.8 Å². The van der Waals surface area contributed by atoms with E-state index in [1.807, 2.05) is 12.1 Å². The molecule has 146 valence electrons. The Balaban J connectivity index is 1.70. The quantitative estimate of drug-likeness (QED) is 0.703. The Morgan fingerprint density at radius 1 is 1.23 bits per heavy atom. The first-order chi connectivity index (χ1) is 12.5. The number of amides is 1. The molecule has 1 heterocycles. The van der Waals surface area contributed by atoms with Crippen LogP contribution < -0.4 is 19.9 Å². The van der Waals surface area contributed by atoms with Crippen molar-refractivity contribution in [3.63, 3.8) is 0 Å². The maximum absolute atomic E-state index is 12.3. The molecule has 1 aromatic rings. The Kier molecular flexibility index (Phi) is 8.23. The average molecular weight is 363 g/mol. The molecule has 0 aromatic heterocycles. The van der Waals surface area contributed by atoms with Crippen LogP contribution in [0.15, 0.2) is 24.3 Å². The van der Waals surface area contributed by atoms with Gasteiger partial charge in [-0.2, -0.15) is 0 Å². The summed E-state index contributed by atoms with van der Waals surface area (Å²) in [5.74, 6) is 1.82. The molecule has 1 aliphatic rings. The normalized spacial score (nSPS) is 16.6. The van der Waals surface area contributed by atoms with Crippen LogP contribution in [0.4, 0.5) is 5.69 Å². The number of carbonyl (C=O) groups is 1. The standard InChI is InChI=1S/C21H35N3O2/c1-17(2)7-5-8-18(3)22-21(25)16-23-11-13-24(14-12-23)19-9-6-10-20(15-19)26-4/h6,9-10,15,17-18H,5,7-8,11-14,16H2,1-4H3,(H,22,25)/p+1/t18-/m0/s1. The van der Waals surface area contributed by atoms with E-state index in [-0.39, 0.29) is 11.9 Å². The molecule has 0 spiro atoms. The highest BCUT2D eigenvalue weighted by atomic mass is 16.5. The Morgan fingerprint density at radius 3 is 2.62 bits per heavy atom. The van der Waals surface area contributed by atoms with E-state index in [1.165, 1.54) is 23.4 Å². The van der Waals surface area contributed by atoms with Crippen molar-refractivity contribution >= 4 is 11.6 Å². The number of hydrogen-bond donors (Lipinski definition) is 2. The maximum Gasteiger partial charge on any atom is 0.275 e. The minimum Gasteiger partial charge on any atom is -0.497 e. The number of benzene rings is 1. The van der Waals surface area contributed by atoms with Crippen LogP contribution in [0.1, 0.15) is 40.0 Å². The predicted molar refractivity (Wildman–Crippen MR) is 107 cm³/mol. The third-order valence-corrected chi connectivity index (χ3v) is 5.13. The number of carbonyl (C=O) groups excluding carboxylic acids is 1. The molecule has 0 saturated carbocycles. The smallest absolute Gasteiger partial charge is 0.275 e. The molecule has 0 bridgehead atoms. The van der Waals surface area contributed by atoms with Gasteiger partial charge in [0.25, 0.3) is 5.91 Å². The van der Waals surface area contributed by atoms with Crippen molar-refractivity contribution in [1.29, 1.82) is 0 Å². The highest BCUT2D eigenvalue weighted by Crippen LogP contribution is 2.20. The molecule has 1 atom stereocenters. The van der Waals surface area contributed by atoms with Crippen LogP contribution >= 0.6 is 0 Å². The van der Waals surface area contributed by atoms with Crippen molar-refractivity contribution in [3.8, 4) is 5.75 Å². The van der Waals surface area contributed by atoms with Crippen molar-refractivity contribution in [3.05, 3.63) is 24.3 Å². The first kappa shape index (κ1) is 20.6. The second-order valence-corrected chi connectivity index (χ2v) is 7.91. The number of anilines is 1. The molecule has 1 amide bonds. The van der Waals surface area contributed by atoms with E-state index >= 15 is 0 Å². The highest BCUT2D eigenvalue weighted by molar-refractivity contribution is 5.77. The monoisotopic (exact) mass is 362 g/mol. The molecule has 0 radical (unpaired) electrons. The van der Waals surface area contributed by atoms with E-state index in [0.717, 1.165) is 44.3 Å². The van der Waals surface area contributed by atoms with Crippen LogP contribution in [0.5, 0.6) is 5.75 Å². The number of rotatable bonds is 9. The van der Waals surface area contributed by atoms with Crippen molar-refractivity contribution < 1.29 is 14.4 Å². The molecular weight excluding hydrogens is 326 g/mol. The second kappa shape index (κ2) is 10.4. The molecule has 5 nitrogen and oxygen atoms in total. The summed E-state index contributed by atoms with van der Waals surface area (Å²) in [6.07, 6.45) is 3.49. The van der Waals surface area contributed by atoms with E-state index in [2.05, 4.69) is 43.1 Å². The summed E-state index contributed by atoms with van der Waals surface area (Å²) < 4.78 is 5.31. The topological polar surface area (TPSA) is 46.0 Å². The third kappa shape index (κ3) is 6.87. The van der Waals surface area contributed by atoms with Crippen molar-refractivity contribution in [2.75, 3.05) is 44.7 Å². The highest BCUT2D eigenvalue weighted by Gasteiger charge is 2.23. The lowest BCUT2D eigenvalue weighted by atomic mass is 10.0. The number of nitrogens with zero attached hydrogens (tertiary/aromatic N) is 1. The zero-order valence-corrected chi connectivity index (χ0v) is 16.9. The summed E-state index contributed by atoms with van der Waals surface area (Å²) in [4.78, 5) is 16.0. The zero-order chi connectivity index (χ0) is 18.9. The van der Waals surface area contributed by atoms with Crippen molar-refractivity contribution in [1.82, 2.24) is 5.32 Å². The van der Waals surface area contributed by atoms with Gasteiger partial charge in [-0.15, -0.1) is 0 Å². The van der Waals surface area contributed by atoms with Crippen LogP contribution in [0.2, 0.25) is 0 Å². The molecule has 2 N–H and O–H groups in total. The van der Waals surface area contributed by atoms with E-state index in [9.17, 15) is 4.79 Å². The second-order valence-electron chi connectivity index (χ2n) is 7.91. The average Bonchev–Trinajstić information content (AvgIpc) is 2.62. The molecule has 5 heteroatoms. The SMILES string of the molecule is COc1cccc(N2CC[NH+](CC(=O)N[C@@H](C)CCCC(C)C)CC2)c1. The van der Waals surface area contributed by atoms with Crippen molar-refractivity contribution in [2.24, 2.45) is 5.92 Å². The molecule has 0 unspecified atom stereocenters. The van der Waals surface area contributed by atoms with Gasteiger partial charge in [-0.05, 0) is 31.4 Å². The number of quaternary nitrogens is 1. The fourth-order valence-electron chi connectivity index (χ4n) is 3.52. The van der Waals surface area contributed by atoms with Gasteiger partial charge in [-0.25, -0.2) is 0 Å². The molecule has 0 aliphatic carbocycles. The first-order valence-corrected chi connectivity index (χ1v) is 10.00. The van der Waals surface area contributed by atoms with E-state index in [4.69, 9.17) is 4.74 Å². The summed E-state index contributed by atoms with van der Waals surface area (Å²) in [5.41, 5.74) is 1.20. The summed E-state index contributed by atoms with van der Waals surface area (Å²) in [7, 11) is 1.70. The summed E-state index contributed by atoms with van der Waals surface area (Å²) in [5, 5.41) is 3.17. The van der Waals surface area contributed by atoms with Crippen molar-refractivity contribution in [2.45, 2.75) is 46.1 Å². The fraction of sp³-hybridized carbons (Fsp3) is 0.667. The number of nitrogens with one attached hydrogen (secondary N) is 2. The lowest BCUT2D eigenvalue weighted by Gasteiger charge is -2.33. The predicted octanol–water partition coefficient (Wildman–Crippen LogP) is 1.73. The van der Waals surface area contributed by atoms with E-state index in [0.29, 0.717) is 6.54 Å². The number of methoxy groups -OCH3 is 1. The molecule has 1 fully saturated rings. The van der Waals surface area contributed by atoms with Gasteiger partial charge in [0.1, 0.15) is 5.75 Å². The minimum atomic E-state index is 0.187. The van der Waals surface area contributed by atoms with E-state index in [1.54, 1.807) is 7.11 Å². The van der Waals surface area contributed by atoms with Crippen LogP contribution in [0.25, 0.3) is 0 Å². The van der Waals surface area contributed by atoms with Crippen LogP contribution in [-0.4, -0.2) is 51.8 Å². The Hall–Kier alpha value is -1.75. The van der Waals surface area contributed by atoms with Crippen LogP contribution in [0, 0.1) is 5.92 Å². The maximum atomic E-state index is 12.3. The molecule has 1 saturated heterocycles. The van der Waals surface area contributed by atoms with Crippen LogP contribution in [-0.2, 0) is 4.79 Å². The number of piperazine rings is 1. The van der Waals surface area contributed by atoms with Gasteiger partial charge in [0.05, 0.1) is 33.3 Å². The fourth-order valence-corrected chi connectivity index (χ4v) is 3.52. The minimum absolute atomic E-state index is 0.187. The molecular formula is C21H36N3O2+. The lowest BCUT2D eigenvalue weighted by Crippen LogP contribution is -3.16. The molecule has 1 aliphatic heterocycles. The van der Waals surface area contributed by atoms with Crippen LogP contribution in [0.3, 0.4) is 0 Å². The Bertz CT molecular complexity index is 554. The Labute approximate surface area is 158 Å². The summed E-state index contributed by atoms with van der Waals surface area (Å²) in [6, 6.07) is 8.48. The molecule has 26 heavy (non-hydrogen) atoms. The third-order valence-electron chi connectivity index (χ3n) is 5.13. The van der Waals surface area contributed by atoms with Gasteiger partial charge in [-0.3, -0.25) is 4.79 Å². The number of ether oxygens (including phenoxy) is 1. The largest absolute Gasteiger partial charge is 0.497 e. The summed E-state index contributed by atoms with van der Waals surface area (Å²) in [6.45, 7) is 11.1. The van der Waals surface area contributed by atoms with Gasteiger partial charge < -0.3 is 19.9 Å². The van der Waals surface area contributed by atoms with Gasteiger partial charge in [0.15, 0.2) is 6.54 Å². The Morgan fingerprint density at radius 2 is 1.96 bits per heavy atom. The molecule has 2 rings (SSSR count). The number of hydrogen-bond acceptors (Lipinski definition) is 3. The molecule has 1 aromatic carbocycles. The van der Waals surface area contributed by atoms with Gasteiger partial charge in [0.2, 0.25) is 0 Å². The van der Waals surface area contributed by atoms with Gasteiger partial charge in [-0.1, -0.05) is 32.8 Å². The lowest BCUT2D eigenvalue weighted by molar-refractivity contribution is -0.892. The summed E-state index contributed by atoms with van der Waals surface area (Å²) >= 11 is 0. The zero-order valence-electron chi connectivity index (χ0n) is 16.9. The van der Waals surface area contributed by atoms with E-state index < -0.39 is 0 Å². The van der Waals surface area contributed by atoms with Gasteiger partial charge >= 0.3 is 0 Å².